The van der Waals surface area contributed by atoms with Crippen LogP contribution in [-0.2, 0) is 0 Å². The highest BCUT2D eigenvalue weighted by Gasteiger charge is 2.07. The van der Waals surface area contributed by atoms with Crippen LogP contribution in [0.5, 0.6) is 0 Å². The van der Waals surface area contributed by atoms with E-state index >= 15 is 0 Å². The zero-order valence-corrected chi connectivity index (χ0v) is 10.2. The Labute approximate surface area is 102 Å². The summed E-state index contributed by atoms with van der Waals surface area (Å²) in [7, 11) is 0. The van der Waals surface area contributed by atoms with Gasteiger partial charge in [-0.3, -0.25) is 4.79 Å². The number of allylic oxidation sites excluding steroid dienone is 3. The fourth-order valence-corrected chi connectivity index (χ4v) is 1.37. The molecular weight excluding hydrogens is 212 g/mol. The molecule has 3 heteroatoms. The summed E-state index contributed by atoms with van der Waals surface area (Å²) in [5, 5.41) is 2.81. The number of hydrogen-bond acceptors (Lipinski definition) is 2. The number of benzene rings is 1. The molecule has 1 rings (SSSR count). The first-order chi connectivity index (χ1) is 8.19. The van der Waals surface area contributed by atoms with E-state index in [1.807, 2.05) is 38.1 Å². The molecule has 0 aromatic heterocycles. The Morgan fingerprint density at radius 3 is 2.53 bits per heavy atom. The Bertz CT molecular complexity index is 433. The molecule has 0 saturated heterocycles. The number of nitrogens with one attached hydrogen (secondary N) is 1. The molecule has 90 valence electrons. The molecule has 0 radical (unpaired) electrons. The molecule has 0 aliphatic heterocycles. The van der Waals surface area contributed by atoms with Gasteiger partial charge in [0.15, 0.2) is 0 Å². The van der Waals surface area contributed by atoms with Crippen molar-refractivity contribution in [2.45, 2.75) is 20.3 Å². The number of amides is 1. The average Bonchev–Trinajstić information content (AvgIpc) is 2.38. The van der Waals surface area contributed by atoms with Gasteiger partial charge in [0.2, 0.25) is 0 Å². The van der Waals surface area contributed by atoms with Crippen molar-refractivity contribution in [1.29, 1.82) is 0 Å². The first-order valence-corrected chi connectivity index (χ1v) is 5.66. The molecule has 0 spiro atoms. The maximum absolute atomic E-state index is 11.9. The highest BCUT2D eigenvalue weighted by Crippen LogP contribution is 2.05. The van der Waals surface area contributed by atoms with Crippen molar-refractivity contribution >= 4 is 5.91 Å². The zero-order chi connectivity index (χ0) is 12.7. The van der Waals surface area contributed by atoms with Crippen molar-refractivity contribution in [3.05, 3.63) is 59.4 Å². The third-order valence-corrected chi connectivity index (χ3v) is 2.34. The number of nitrogens with two attached hydrogens (primary N) is 1. The van der Waals surface area contributed by atoms with Crippen LogP contribution in [0.25, 0.3) is 0 Å². The van der Waals surface area contributed by atoms with Gasteiger partial charge in [-0.2, -0.15) is 0 Å². The fraction of sp³-hybridized carbons (Fsp3) is 0.214. The Kier molecular flexibility index (Phi) is 5.01. The number of carbonyl (C=O) groups excluding carboxylic acids is 1. The van der Waals surface area contributed by atoms with Crippen LogP contribution in [0, 0.1) is 0 Å². The smallest absolute Gasteiger partial charge is 0.255 e. The fourth-order valence-electron chi connectivity index (χ4n) is 1.37. The van der Waals surface area contributed by atoms with Crippen molar-refractivity contribution in [2.24, 2.45) is 5.73 Å². The first kappa shape index (κ1) is 13.0. The molecule has 0 aliphatic rings. The zero-order valence-electron chi connectivity index (χ0n) is 10.2. The van der Waals surface area contributed by atoms with Crippen LogP contribution in [0.4, 0.5) is 0 Å². The highest BCUT2D eigenvalue weighted by molar-refractivity contribution is 5.95. The molecule has 0 fully saturated rings. The molecule has 1 amide bonds. The summed E-state index contributed by atoms with van der Waals surface area (Å²) in [6.07, 6.45) is 4.36. The van der Waals surface area contributed by atoms with Crippen LogP contribution in [0.1, 0.15) is 30.6 Å². The summed E-state index contributed by atoms with van der Waals surface area (Å²) < 4.78 is 0. The maximum atomic E-state index is 11.9. The van der Waals surface area contributed by atoms with E-state index < -0.39 is 0 Å². The molecule has 3 N–H and O–H groups in total. The lowest BCUT2D eigenvalue weighted by atomic mass is 10.2. The Morgan fingerprint density at radius 1 is 1.35 bits per heavy atom. The Morgan fingerprint density at radius 2 is 2.00 bits per heavy atom. The van der Waals surface area contributed by atoms with Crippen molar-refractivity contribution in [1.82, 2.24) is 5.32 Å². The number of carbonyl (C=O) groups is 1. The topological polar surface area (TPSA) is 55.1 Å². The monoisotopic (exact) mass is 230 g/mol. The maximum Gasteiger partial charge on any atom is 0.255 e. The highest BCUT2D eigenvalue weighted by atomic mass is 16.1. The van der Waals surface area contributed by atoms with E-state index in [0.29, 0.717) is 23.4 Å². The van der Waals surface area contributed by atoms with Crippen LogP contribution < -0.4 is 11.1 Å². The quantitative estimate of drug-likeness (QED) is 0.781. The molecular formula is C14H18N2O. The second-order valence-electron chi connectivity index (χ2n) is 3.61. The third-order valence-electron chi connectivity index (χ3n) is 2.34. The Balaban J connectivity index is 2.86. The molecule has 17 heavy (non-hydrogen) atoms. The average molecular weight is 230 g/mol. The van der Waals surface area contributed by atoms with Gasteiger partial charge in [-0.05, 0) is 31.6 Å². The van der Waals surface area contributed by atoms with Gasteiger partial charge in [0.25, 0.3) is 5.91 Å². The lowest BCUT2D eigenvalue weighted by Crippen LogP contribution is -2.24. The summed E-state index contributed by atoms with van der Waals surface area (Å²) >= 11 is 0. The van der Waals surface area contributed by atoms with Crippen molar-refractivity contribution in [3.8, 4) is 0 Å². The minimum Gasteiger partial charge on any atom is -0.400 e. The van der Waals surface area contributed by atoms with Gasteiger partial charge >= 0.3 is 0 Å². The lowest BCUT2D eigenvalue weighted by Gasteiger charge is -2.09. The van der Waals surface area contributed by atoms with Gasteiger partial charge in [-0.15, -0.1) is 0 Å². The SMILES string of the molecule is C/C=C\C(NC(=O)c1ccccc1)=C(\N)CC. The largest absolute Gasteiger partial charge is 0.400 e. The first-order valence-electron chi connectivity index (χ1n) is 5.66. The van der Waals surface area contributed by atoms with E-state index in [-0.39, 0.29) is 5.91 Å². The van der Waals surface area contributed by atoms with E-state index in [9.17, 15) is 4.79 Å². The second kappa shape index (κ2) is 6.53. The van der Waals surface area contributed by atoms with Crippen LogP contribution in [0.15, 0.2) is 53.9 Å². The standard InChI is InChI=1S/C14H18N2O/c1-3-8-13(12(15)4-2)16-14(17)11-9-6-5-7-10-11/h3,5-10H,4,15H2,1-2H3,(H,16,17)/b8-3-,13-12-. The van der Waals surface area contributed by atoms with Crippen molar-refractivity contribution in [3.63, 3.8) is 0 Å². The van der Waals surface area contributed by atoms with Gasteiger partial charge in [-0.25, -0.2) is 0 Å². The summed E-state index contributed by atoms with van der Waals surface area (Å²) in [6.45, 7) is 3.84. The normalized spacial score (nSPS) is 12.4. The summed E-state index contributed by atoms with van der Waals surface area (Å²) in [6, 6.07) is 9.07. The van der Waals surface area contributed by atoms with Gasteiger partial charge in [-0.1, -0.05) is 31.2 Å². The van der Waals surface area contributed by atoms with E-state index in [0.717, 1.165) is 0 Å². The predicted octanol–water partition coefficient (Wildman–Crippen LogP) is 2.57. The van der Waals surface area contributed by atoms with Crippen LogP contribution >= 0.6 is 0 Å². The van der Waals surface area contributed by atoms with E-state index in [1.165, 1.54) is 0 Å². The second-order valence-corrected chi connectivity index (χ2v) is 3.61. The number of hydrogen-bond donors (Lipinski definition) is 2. The summed E-state index contributed by atoms with van der Waals surface area (Å²) in [5.41, 5.74) is 7.81. The van der Waals surface area contributed by atoms with Crippen LogP contribution in [0.2, 0.25) is 0 Å². The summed E-state index contributed by atoms with van der Waals surface area (Å²) in [4.78, 5) is 11.9. The minimum absolute atomic E-state index is 0.143. The van der Waals surface area contributed by atoms with Gasteiger partial charge in [0.1, 0.15) is 0 Å². The predicted molar refractivity (Wildman–Crippen MR) is 70.2 cm³/mol. The third kappa shape index (κ3) is 3.79. The Hall–Kier alpha value is -2.03. The van der Waals surface area contributed by atoms with Crippen molar-refractivity contribution < 1.29 is 4.79 Å². The van der Waals surface area contributed by atoms with Gasteiger partial charge in [0, 0.05) is 11.3 Å². The molecule has 0 atom stereocenters. The number of rotatable bonds is 4. The molecule has 3 nitrogen and oxygen atoms in total. The van der Waals surface area contributed by atoms with E-state index in [1.54, 1.807) is 18.2 Å². The molecule has 0 bridgehead atoms. The molecule has 1 aromatic carbocycles. The van der Waals surface area contributed by atoms with Crippen LogP contribution in [-0.4, -0.2) is 5.91 Å². The lowest BCUT2D eigenvalue weighted by molar-refractivity contribution is 0.0966. The van der Waals surface area contributed by atoms with E-state index in [4.69, 9.17) is 5.73 Å². The minimum atomic E-state index is -0.143. The molecule has 0 saturated carbocycles. The molecule has 1 aromatic rings. The summed E-state index contributed by atoms with van der Waals surface area (Å²) in [5.74, 6) is -0.143. The van der Waals surface area contributed by atoms with Crippen molar-refractivity contribution in [2.75, 3.05) is 0 Å². The van der Waals surface area contributed by atoms with Gasteiger partial charge in [0.05, 0.1) is 5.70 Å². The molecule has 0 heterocycles. The molecule has 0 aliphatic carbocycles. The van der Waals surface area contributed by atoms with Crippen LogP contribution in [0.3, 0.4) is 0 Å². The van der Waals surface area contributed by atoms with E-state index in [2.05, 4.69) is 5.32 Å². The molecule has 0 unspecified atom stereocenters. The van der Waals surface area contributed by atoms with Gasteiger partial charge < -0.3 is 11.1 Å².